The van der Waals surface area contributed by atoms with Gasteiger partial charge in [-0.25, -0.2) is 4.79 Å². The van der Waals surface area contributed by atoms with Gasteiger partial charge in [-0.05, 0) is 73.5 Å². The number of carbonyl (C=O) groups is 2. The zero-order valence-corrected chi connectivity index (χ0v) is 20.7. The second-order valence-electron chi connectivity index (χ2n) is 9.70. The molecule has 2 heterocycles. The van der Waals surface area contributed by atoms with Crippen molar-refractivity contribution in [2.24, 2.45) is 0 Å². The van der Waals surface area contributed by atoms with Gasteiger partial charge in [0.2, 0.25) is 5.72 Å². The highest BCUT2D eigenvalue weighted by atomic mass is 16.5. The first-order valence-corrected chi connectivity index (χ1v) is 11.7. The molecule has 0 N–H and O–H groups in total. The van der Waals surface area contributed by atoms with E-state index in [1.807, 2.05) is 31.3 Å². The van der Waals surface area contributed by atoms with Crippen molar-refractivity contribution in [3.63, 3.8) is 0 Å². The Kier molecular flexibility index (Phi) is 5.44. The number of nitrogens with zero attached hydrogens (tertiary/aromatic N) is 2. The molecule has 2 aliphatic rings. The van der Waals surface area contributed by atoms with Gasteiger partial charge in [0.15, 0.2) is 5.78 Å². The molecule has 0 aliphatic carbocycles. The second kappa shape index (κ2) is 8.39. The van der Waals surface area contributed by atoms with Crippen molar-refractivity contribution in [2.45, 2.75) is 31.4 Å². The average Bonchev–Trinajstić information content (AvgIpc) is 3.05. The van der Waals surface area contributed by atoms with Crippen LogP contribution >= 0.6 is 0 Å². The van der Waals surface area contributed by atoms with Crippen LogP contribution in [0.3, 0.4) is 0 Å². The van der Waals surface area contributed by atoms with E-state index in [0.717, 1.165) is 22.4 Å². The van der Waals surface area contributed by atoms with Crippen LogP contribution in [-0.4, -0.2) is 31.6 Å². The Morgan fingerprint density at radius 2 is 1.75 bits per heavy atom. The monoisotopic (exact) mass is 478 g/mol. The maximum Gasteiger partial charge on any atom is 0.337 e. The Balaban J connectivity index is 1.45. The third kappa shape index (κ3) is 3.47. The summed E-state index contributed by atoms with van der Waals surface area (Å²) >= 11 is 0. The number of esters is 1. The summed E-state index contributed by atoms with van der Waals surface area (Å²) < 4.78 is 11.5. The second-order valence-corrected chi connectivity index (χ2v) is 9.70. The predicted molar refractivity (Wildman–Crippen MR) is 137 cm³/mol. The van der Waals surface area contributed by atoms with E-state index in [9.17, 15) is 9.59 Å². The van der Waals surface area contributed by atoms with E-state index in [1.54, 1.807) is 42.5 Å². The highest BCUT2D eigenvalue weighted by Crippen LogP contribution is 2.54. The molecule has 3 aromatic rings. The molecule has 0 amide bonds. The molecule has 0 radical (unpaired) electrons. The van der Waals surface area contributed by atoms with Gasteiger partial charge < -0.3 is 14.4 Å². The molecule has 1 spiro atoms. The molecule has 5 rings (SSSR count). The first-order chi connectivity index (χ1) is 17.2. The molecule has 0 bridgehead atoms. The summed E-state index contributed by atoms with van der Waals surface area (Å²) in [4.78, 5) is 27.0. The molecular weight excluding hydrogens is 452 g/mol. The minimum atomic E-state index is -0.773. The number of Topliss-reactive ketones (excluding diaryl/α,β-unsaturated/α-hetero) is 1. The van der Waals surface area contributed by atoms with E-state index >= 15 is 0 Å². The molecule has 0 aromatic heterocycles. The van der Waals surface area contributed by atoms with E-state index in [1.165, 1.54) is 7.11 Å². The van der Waals surface area contributed by atoms with Crippen LogP contribution in [-0.2, 0) is 16.6 Å². The minimum Gasteiger partial charge on any atom is -0.465 e. The third-order valence-electron chi connectivity index (χ3n) is 7.38. The molecule has 0 saturated heterocycles. The molecule has 0 fully saturated rings. The quantitative estimate of drug-likeness (QED) is 0.374. The number of ether oxygens (including phenoxy) is 2. The number of likely N-dealkylation sites (N-methyl/N-ethyl adjacent to an activating group) is 1. The number of benzene rings is 3. The van der Waals surface area contributed by atoms with E-state index in [0.29, 0.717) is 22.4 Å². The number of ketones is 1. The summed E-state index contributed by atoms with van der Waals surface area (Å²) in [5, 5.41) is 8.99. The van der Waals surface area contributed by atoms with Crippen LogP contribution < -0.4 is 9.64 Å². The number of hydrogen-bond donors (Lipinski definition) is 0. The average molecular weight is 479 g/mol. The summed E-state index contributed by atoms with van der Waals surface area (Å²) in [5.41, 5.74) is 4.24. The SMILES string of the molecule is COC(=O)c1ccc2c(c1)C=CC1(O2)N(C)c2ccc(CC(=O)c3ccc(C#N)cc3)cc2C1(C)C. The fourth-order valence-corrected chi connectivity index (χ4v) is 5.23. The van der Waals surface area contributed by atoms with E-state index < -0.39 is 11.1 Å². The number of methoxy groups -OCH3 is 1. The van der Waals surface area contributed by atoms with Crippen molar-refractivity contribution in [1.82, 2.24) is 0 Å². The molecule has 6 nitrogen and oxygen atoms in total. The van der Waals surface area contributed by atoms with Crippen molar-refractivity contribution < 1.29 is 19.1 Å². The van der Waals surface area contributed by atoms with Gasteiger partial charge >= 0.3 is 5.97 Å². The van der Waals surface area contributed by atoms with Gasteiger partial charge in [-0.1, -0.05) is 24.3 Å². The summed E-state index contributed by atoms with van der Waals surface area (Å²) in [6, 6.07) is 20.2. The van der Waals surface area contributed by atoms with Gasteiger partial charge in [0.05, 0.1) is 29.7 Å². The van der Waals surface area contributed by atoms with Gasteiger partial charge in [0.1, 0.15) is 5.75 Å². The normalized spacial score (nSPS) is 18.7. The molecule has 180 valence electrons. The maximum atomic E-state index is 12.9. The van der Waals surface area contributed by atoms with Gasteiger partial charge in [-0.3, -0.25) is 4.79 Å². The van der Waals surface area contributed by atoms with Crippen molar-refractivity contribution >= 4 is 23.5 Å². The summed E-state index contributed by atoms with van der Waals surface area (Å²) in [5.74, 6) is 0.303. The van der Waals surface area contributed by atoms with Crippen LogP contribution in [0.5, 0.6) is 5.75 Å². The smallest absolute Gasteiger partial charge is 0.337 e. The number of hydrogen-bond acceptors (Lipinski definition) is 6. The maximum absolute atomic E-state index is 12.9. The fraction of sp³-hybridized carbons (Fsp3) is 0.233. The van der Waals surface area contributed by atoms with Crippen molar-refractivity contribution in [2.75, 3.05) is 19.1 Å². The highest BCUT2D eigenvalue weighted by Gasteiger charge is 2.57. The van der Waals surface area contributed by atoms with E-state index in [2.05, 4.69) is 30.9 Å². The lowest BCUT2D eigenvalue weighted by Crippen LogP contribution is -2.58. The first kappa shape index (κ1) is 23.4. The van der Waals surface area contributed by atoms with Crippen LogP contribution in [0.25, 0.3) is 6.08 Å². The number of carbonyl (C=O) groups excluding carboxylic acids is 2. The minimum absolute atomic E-state index is 0.00228. The number of anilines is 1. The Morgan fingerprint density at radius 3 is 2.44 bits per heavy atom. The largest absolute Gasteiger partial charge is 0.465 e. The van der Waals surface area contributed by atoms with E-state index in [4.69, 9.17) is 14.7 Å². The van der Waals surface area contributed by atoms with Crippen LogP contribution in [0.15, 0.2) is 66.7 Å². The molecule has 6 heteroatoms. The van der Waals surface area contributed by atoms with Crippen molar-refractivity contribution in [1.29, 1.82) is 5.26 Å². The topological polar surface area (TPSA) is 79.6 Å². The highest BCUT2D eigenvalue weighted by molar-refractivity contribution is 5.97. The predicted octanol–water partition coefficient (Wildman–Crippen LogP) is 5.30. The lowest BCUT2D eigenvalue weighted by Gasteiger charge is -2.45. The Hall–Kier alpha value is -4.37. The van der Waals surface area contributed by atoms with Crippen LogP contribution in [0, 0.1) is 11.3 Å². The molecule has 0 saturated carbocycles. The Labute approximate surface area is 210 Å². The lowest BCUT2D eigenvalue weighted by molar-refractivity contribution is 0.0575. The van der Waals surface area contributed by atoms with Crippen molar-refractivity contribution in [3.8, 4) is 11.8 Å². The number of nitriles is 1. The number of fused-ring (bicyclic) bond motifs is 2. The first-order valence-electron chi connectivity index (χ1n) is 11.7. The lowest BCUT2D eigenvalue weighted by atomic mass is 9.76. The third-order valence-corrected chi connectivity index (χ3v) is 7.38. The molecule has 3 aromatic carbocycles. The van der Waals surface area contributed by atoms with Crippen LogP contribution in [0.4, 0.5) is 5.69 Å². The zero-order chi connectivity index (χ0) is 25.7. The summed E-state index contributed by atoms with van der Waals surface area (Å²) in [6.07, 6.45) is 4.30. The number of rotatable bonds is 4. The molecule has 1 atom stereocenters. The van der Waals surface area contributed by atoms with Gasteiger partial charge in [0.25, 0.3) is 0 Å². The molecule has 36 heavy (non-hydrogen) atoms. The standard InChI is InChI=1S/C30H26N2O4/c1-29(2)24-15-20(16-26(33)21-8-5-19(18-31)6-9-21)7-11-25(24)32(3)30(29)14-13-22-17-23(28(34)35-4)10-12-27(22)36-30/h5-15,17H,16H2,1-4H3. The van der Waals surface area contributed by atoms with Gasteiger partial charge in [-0.15, -0.1) is 0 Å². The molecule has 2 aliphatic heterocycles. The van der Waals surface area contributed by atoms with Gasteiger partial charge in [0, 0.05) is 30.3 Å². The van der Waals surface area contributed by atoms with Gasteiger partial charge in [-0.2, -0.15) is 5.26 Å². The van der Waals surface area contributed by atoms with Crippen LogP contribution in [0.1, 0.15) is 56.8 Å². The van der Waals surface area contributed by atoms with Crippen LogP contribution in [0.2, 0.25) is 0 Å². The summed E-state index contributed by atoms with van der Waals surface area (Å²) in [7, 11) is 3.37. The Morgan fingerprint density at radius 1 is 1.03 bits per heavy atom. The van der Waals surface area contributed by atoms with Crippen molar-refractivity contribution in [3.05, 3.63) is 100 Å². The molecular formula is C30H26N2O4. The fourth-order valence-electron chi connectivity index (χ4n) is 5.23. The zero-order valence-electron chi connectivity index (χ0n) is 20.7. The Bertz CT molecular complexity index is 1460. The van der Waals surface area contributed by atoms with E-state index in [-0.39, 0.29) is 18.2 Å². The summed E-state index contributed by atoms with van der Waals surface area (Å²) in [6.45, 7) is 4.28. The molecule has 1 unspecified atom stereocenters.